The van der Waals surface area contributed by atoms with Crippen LogP contribution >= 0.6 is 0 Å². The molecule has 1 amide bonds. The van der Waals surface area contributed by atoms with Crippen LogP contribution in [0.25, 0.3) is 0 Å². The van der Waals surface area contributed by atoms with Gasteiger partial charge in [-0.15, -0.1) is 0 Å². The molecule has 0 bridgehead atoms. The van der Waals surface area contributed by atoms with Crippen LogP contribution in [0.4, 0.5) is 31.1 Å². The molecule has 34 heavy (non-hydrogen) atoms. The molecule has 3 rings (SSSR count). The number of sulfonamides is 1. The van der Waals surface area contributed by atoms with Gasteiger partial charge in [0.15, 0.2) is 0 Å². The van der Waals surface area contributed by atoms with Gasteiger partial charge in [0.05, 0.1) is 16.0 Å². The van der Waals surface area contributed by atoms with Crippen molar-refractivity contribution < 1.29 is 44.3 Å². The Bertz CT molecular complexity index is 989. The molecule has 0 aromatic heterocycles. The van der Waals surface area contributed by atoms with Crippen molar-refractivity contribution in [2.75, 3.05) is 13.1 Å². The van der Waals surface area contributed by atoms with Gasteiger partial charge in [0.1, 0.15) is 5.60 Å². The first-order valence-electron chi connectivity index (χ1n) is 10.7. The van der Waals surface area contributed by atoms with Gasteiger partial charge in [0, 0.05) is 25.2 Å². The number of likely N-dealkylation sites (tertiary alicyclic amines) is 1. The zero-order valence-electron chi connectivity index (χ0n) is 18.8. The van der Waals surface area contributed by atoms with Gasteiger partial charge in [0.2, 0.25) is 10.0 Å². The van der Waals surface area contributed by atoms with Crippen molar-refractivity contribution in [2.45, 2.75) is 81.4 Å². The van der Waals surface area contributed by atoms with Crippen LogP contribution in [-0.2, 0) is 27.1 Å². The quantitative estimate of drug-likeness (QED) is 0.511. The number of hydrogen-bond acceptors (Lipinski definition) is 4. The topological polar surface area (TPSA) is 66.9 Å². The number of nitrogens with zero attached hydrogens (tertiary/aromatic N) is 2. The Morgan fingerprint density at radius 2 is 1.32 bits per heavy atom. The molecule has 1 saturated carbocycles. The number of rotatable bonds is 4. The normalized spacial score (nSPS) is 18.9. The lowest BCUT2D eigenvalue weighted by Gasteiger charge is -2.38. The summed E-state index contributed by atoms with van der Waals surface area (Å²) in [5.41, 5.74) is -4.09. The maximum Gasteiger partial charge on any atom is 0.416 e. The number of alkyl halides is 6. The molecule has 2 aliphatic rings. The lowest BCUT2D eigenvalue weighted by atomic mass is 10.1. The third-order valence-corrected chi connectivity index (χ3v) is 7.50. The van der Waals surface area contributed by atoms with Crippen LogP contribution in [0.5, 0.6) is 0 Å². The maximum absolute atomic E-state index is 13.4. The molecule has 13 heteroatoms. The van der Waals surface area contributed by atoms with E-state index in [1.54, 1.807) is 20.8 Å². The minimum absolute atomic E-state index is 0.0974. The van der Waals surface area contributed by atoms with E-state index in [0.717, 1.165) is 4.31 Å². The summed E-state index contributed by atoms with van der Waals surface area (Å²) in [5, 5.41) is 0. The highest BCUT2D eigenvalue weighted by atomic mass is 32.2. The van der Waals surface area contributed by atoms with E-state index in [0.29, 0.717) is 12.8 Å². The monoisotopic (exact) mass is 516 g/mol. The summed E-state index contributed by atoms with van der Waals surface area (Å²) in [6.07, 6.45) is -9.61. The van der Waals surface area contributed by atoms with Crippen LogP contribution in [0, 0.1) is 0 Å². The molecule has 0 N–H and O–H groups in total. The predicted molar refractivity (Wildman–Crippen MR) is 109 cm³/mol. The van der Waals surface area contributed by atoms with E-state index in [2.05, 4.69) is 0 Å². The first kappa shape index (κ1) is 26.6. The highest BCUT2D eigenvalue weighted by Gasteiger charge is 2.46. The molecule has 6 nitrogen and oxygen atoms in total. The van der Waals surface area contributed by atoms with E-state index in [9.17, 15) is 39.6 Å². The van der Waals surface area contributed by atoms with Crippen molar-refractivity contribution in [3.63, 3.8) is 0 Å². The molecule has 1 aliphatic carbocycles. The fraction of sp³-hybridized carbons (Fsp3) is 0.667. The number of halogens is 6. The fourth-order valence-electron chi connectivity index (χ4n) is 3.85. The summed E-state index contributed by atoms with van der Waals surface area (Å²) in [6.45, 7) is 5.39. The van der Waals surface area contributed by atoms with Crippen molar-refractivity contribution in [3.8, 4) is 0 Å². The number of ether oxygens (including phenoxy) is 1. The second-order valence-electron chi connectivity index (χ2n) is 9.51. The Morgan fingerprint density at radius 1 is 0.882 bits per heavy atom. The molecule has 0 unspecified atom stereocenters. The summed E-state index contributed by atoms with van der Waals surface area (Å²) in [6, 6.07) is -0.780. The van der Waals surface area contributed by atoms with Gasteiger partial charge in [-0.3, -0.25) is 0 Å². The van der Waals surface area contributed by atoms with Crippen LogP contribution in [0.1, 0.15) is 57.6 Å². The number of piperidine rings is 1. The van der Waals surface area contributed by atoms with Crippen LogP contribution in [0.2, 0.25) is 0 Å². The van der Waals surface area contributed by atoms with Crippen LogP contribution < -0.4 is 0 Å². The van der Waals surface area contributed by atoms with Crippen molar-refractivity contribution in [3.05, 3.63) is 29.3 Å². The third kappa shape index (κ3) is 6.15. The van der Waals surface area contributed by atoms with E-state index in [-0.39, 0.29) is 44.1 Å². The smallest absolute Gasteiger partial charge is 0.416 e. The van der Waals surface area contributed by atoms with Crippen molar-refractivity contribution in [2.24, 2.45) is 0 Å². The fourth-order valence-corrected chi connectivity index (χ4v) is 5.85. The Labute approximate surface area is 193 Å². The maximum atomic E-state index is 13.4. The summed E-state index contributed by atoms with van der Waals surface area (Å²) in [7, 11) is -4.67. The molecule has 1 aromatic carbocycles. The molecular weight excluding hydrogens is 490 g/mol. The number of benzene rings is 1. The Kier molecular flexibility index (Phi) is 6.95. The van der Waals surface area contributed by atoms with E-state index in [4.69, 9.17) is 4.74 Å². The Hall–Kier alpha value is -2.02. The zero-order valence-corrected chi connectivity index (χ0v) is 19.6. The molecule has 1 aromatic rings. The summed E-state index contributed by atoms with van der Waals surface area (Å²) >= 11 is 0. The highest BCUT2D eigenvalue weighted by Crippen LogP contribution is 2.41. The first-order chi connectivity index (χ1) is 15.4. The Balaban J connectivity index is 1.89. The minimum Gasteiger partial charge on any atom is -0.444 e. The molecule has 0 spiro atoms. The van der Waals surface area contributed by atoms with E-state index >= 15 is 0 Å². The third-order valence-electron chi connectivity index (χ3n) is 5.52. The first-order valence-corrected chi connectivity index (χ1v) is 12.1. The molecule has 1 heterocycles. The molecule has 0 atom stereocenters. The van der Waals surface area contributed by atoms with Gasteiger partial charge < -0.3 is 9.64 Å². The summed E-state index contributed by atoms with van der Waals surface area (Å²) in [5.74, 6) is 0. The molecule has 1 saturated heterocycles. The second kappa shape index (κ2) is 8.89. The van der Waals surface area contributed by atoms with Gasteiger partial charge >= 0.3 is 18.4 Å². The Morgan fingerprint density at radius 3 is 1.71 bits per heavy atom. The van der Waals surface area contributed by atoms with Crippen molar-refractivity contribution in [1.82, 2.24) is 9.21 Å². The molecule has 0 radical (unpaired) electrons. The molecule has 1 aliphatic heterocycles. The van der Waals surface area contributed by atoms with E-state index in [1.807, 2.05) is 0 Å². The minimum atomic E-state index is -5.16. The van der Waals surface area contributed by atoms with Gasteiger partial charge in [0.25, 0.3) is 0 Å². The van der Waals surface area contributed by atoms with Crippen LogP contribution in [-0.4, -0.2) is 54.5 Å². The summed E-state index contributed by atoms with van der Waals surface area (Å²) in [4.78, 5) is 12.6. The van der Waals surface area contributed by atoms with Gasteiger partial charge in [-0.05, 0) is 64.7 Å². The standard InChI is InChI=1S/C21H26F6N2O4S/c1-19(2,3)33-18(30)28-8-6-16(7-9-28)29(15-4-5-15)34(31,32)17-11-13(20(22,23)24)10-14(12-17)21(25,26)27/h10-12,15-16H,4-9H2,1-3H3. The van der Waals surface area contributed by atoms with Crippen molar-refractivity contribution >= 4 is 16.1 Å². The predicted octanol–water partition coefficient (Wildman–Crippen LogP) is 5.28. The lowest BCUT2D eigenvalue weighted by molar-refractivity contribution is -0.143. The van der Waals surface area contributed by atoms with Gasteiger partial charge in [-0.1, -0.05) is 0 Å². The molecular formula is C21H26F6N2O4S. The van der Waals surface area contributed by atoms with Gasteiger partial charge in [-0.2, -0.15) is 30.6 Å². The number of carbonyl (C=O) groups excluding carboxylic acids is 1. The average Bonchev–Trinajstić information content (AvgIpc) is 3.50. The number of carbonyl (C=O) groups is 1. The number of amides is 1. The van der Waals surface area contributed by atoms with E-state index < -0.39 is 62.2 Å². The second-order valence-corrected chi connectivity index (χ2v) is 11.3. The van der Waals surface area contributed by atoms with E-state index in [1.165, 1.54) is 4.90 Å². The van der Waals surface area contributed by atoms with Crippen LogP contribution in [0.3, 0.4) is 0 Å². The number of hydrogen-bond donors (Lipinski definition) is 0. The van der Waals surface area contributed by atoms with Crippen LogP contribution in [0.15, 0.2) is 23.1 Å². The zero-order chi connectivity index (χ0) is 25.7. The van der Waals surface area contributed by atoms with Crippen molar-refractivity contribution in [1.29, 1.82) is 0 Å². The lowest BCUT2D eigenvalue weighted by Crippen LogP contribution is -2.50. The largest absolute Gasteiger partial charge is 0.444 e. The molecule has 2 fully saturated rings. The SMILES string of the molecule is CC(C)(C)OC(=O)N1CCC(N(C2CC2)S(=O)(=O)c2cc(C(F)(F)F)cc(C(F)(F)F)c2)CC1. The molecule has 192 valence electrons. The average molecular weight is 517 g/mol. The van der Waals surface area contributed by atoms with Gasteiger partial charge in [-0.25, -0.2) is 13.2 Å². The summed E-state index contributed by atoms with van der Waals surface area (Å²) < 4.78 is 113. The highest BCUT2D eigenvalue weighted by molar-refractivity contribution is 7.89.